The van der Waals surface area contributed by atoms with Crippen LogP contribution in [0.25, 0.3) is 15.3 Å². The minimum atomic E-state index is -0.0711. The number of aromatic nitrogens is 2. The third kappa shape index (κ3) is 2.37. The molecule has 26 heavy (non-hydrogen) atoms. The molecule has 1 N–H and O–H groups in total. The number of nitrogens with one attached hydrogen (secondary N) is 1. The molecule has 7 heteroatoms. The minimum Gasteiger partial charge on any atom is -0.347 e. The second-order valence-corrected chi connectivity index (χ2v) is 7.90. The van der Waals surface area contributed by atoms with Crippen LogP contribution >= 0.6 is 11.3 Å². The van der Waals surface area contributed by atoms with Crippen molar-refractivity contribution in [3.63, 3.8) is 0 Å². The molecule has 6 nitrogen and oxygen atoms in total. The van der Waals surface area contributed by atoms with Gasteiger partial charge in [-0.1, -0.05) is 11.3 Å². The summed E-state index contributed by atoms with van der Waals surface area (Å²) in [6.45, 7) is 0. The van der Waals surface area contributed by atoms with E-state index in [1.54, 1.807) is 11.3 Å². The third-order valence-corrected chi connectivity index (χ3v) is 6.47. The van der Waals surface area contributed by atoms with Crippen molar-refractivity contribution in [2.24, 2.45) is 0 Å². The molecule has 2 aromatic heterocycles. The van der Waals surface area contributed by atoms with Crippen molar-refractivity contribution in [2.75, 3.05) is 0 Å². The Bertz CT molecular complexity index is 1020. The Kier molecular flexibility index (Phi) is 3.47. The summed E-state index contributed by atoms with van der Waals surface area (Å²) >= 11 is 1.57. The highest BCUT2D eigenvalue weighted by Gasteiger charge is 2.46. The Hall–Kier alpha value is -2.85. The Morgan fingerprint density at radius 1 is 1.31 bits per heavy atom. The number of nitriles is 1. The predicted molar refractivity (Wildman–Crippen MR) is 99.1 cm³/mol. The quantitative estimate of drug-likeness (QED) is 0.726. The van der Waals surface area contributed by atoms with E-state index in [9.17, 15) is 10.1 Å². The summed E-state index contributed by atoms with van der Waals surface area (Å²) in [4.78, 5) is 19.2. The first kappa shape index (κ1) is 15.4. The van der Waals surface area contributed by atoms with Crippen LogP contribution in [0.2, 0.25) is 0 Å². The first-order chi connectivity index (χ1) is 12.7. The van der Waals surface area contributed by atoms with Crippen molar-refractivity contribution in [2.45, 2.75) is 37.4 Å². The van der Waals surface area contributed by atoms with Crippen molar-refractivity contribution in [1.29, 1.82) is 5.26 Å². The molecular formula is C19H17N5OS. The van der Waals surface area contributed by atoms with E-state index in [1.165, 1.54) is 0 Å². The number of carbonyl (C=O) groups is 1. The SMILES string of the molecule is N#CN1[C@H]2CC[C@@H]1[C@H](NC(=O)c1ccc3nc(-n4cccc4)sc3c1)C2. The van der Waals surface area contributed by atoms with Gasteiger partial charge in [-0.25, -0.2) is 4.98 Å². The average Bonchev–Trinajstić information content (AvgIpc) is 3.42. The van der Waals surface area contributed by atoms with Gasteiger partial charge in [-0.3, -0.25) is 4.79 Å². The fourth-order valence-electron chi connectivity index (χ4n) is 4.18. The van der Waals surface area contributed by atoms with E-state index >= 15 is 0 Å². The summed E-state index contributed by atoms with van der Waals surface area (Å²) < 4.78 is 2.96. The van der Waals surface area contributed by atoms with Gasteiger partial charge in [-0.2, -0.15) is 5.26 Å². The molecule has 0 unspecified atom stereocenters. The van der Waals surface area contributed by atoms with Gasteiger partial charge in [0, 0.05) is 24.0 Å². The van der Waals surface area contributed by atoms with Crippen molar-refractivity contribution >= 4 is 27.5 Å². The minimum absolute atomic E-state index is 0.0634. The van der Waals surface area contributed by atoms with E-state index in [-0.39, 0.29) is 18.0 Å². The van der Waals surface area contributed by atoms with Crippen LogP contribution in [0.1, 0.15) is 29.6 Å². The van der Waals surface area contributed by atoms with Gasteiger partial charge < -0.3 is 14.8 Å². The lowest BCUT2D eigenvalue weighted by Crippen LogP contribution is -2.43. The lowest BCUT2D eigenvalue weighted by molar-refractivity contribution is 0.0928. The average molecular weight is 363 g/mol. The van der Waals surface area contributed by atoms with Gasteiger partial charge in [-0.05, 0) is 49.6 Å². The molecule has 0 radical (unpaired) electrons. The Balaban J connectivity index is 1.37. The van der Waals surface area contributed by atoms with Crippen LogP contribution in [0.4, 0.5) is 0 Å². The first-order valence-corrected chi connectivity index (χ1v) is 9.57. The van der Waals surface area contributed by atoms with Gasteiger partial charge in [0.15, 0.2) is 11.3 Å². The largest absolute Gasteiger partial charge is 0.347 e. The summed E-state index contributed by atoms with van der Waals surface area (Å²) in [7, 11) is 0. The molecule has 130 valence electrons. The van der Waals surface area contributed by atoms with Crippen LogP contribution in [0.5, 0.6) is 0 Å². The number of carbonyl (C=O) groups excluding carboxylic acids is 1. The monoisotopic (exact) mass is 363 g/mol. The van der Waals surface area contributed by atoms with Crippen molar-refractivity contribution < 1.29 is 4.79 Å². The molecule has 2 bridgehead atoms. The maximum Gasteiger partial charge on any atom is 0.251 e. The van der Waals surface area contributed by atoms with Gasteiger partial charge >= 0.3 is 0 Å². The fourth-order valence-corrected chi connectivity index (χ4v) is 5.15. The van der Waals surface area contributed by atoms with E-state index in [2.05, 4.69) is 16.5 Å². The topological polar surface area (TPSA) is 74.0 Å². The molecule has 0 aliphatic carbocycles. The number of hydrogen-bond acceptors (Lipinski definition) is 5. The highest BCUT2D eigenvalue weighted by molar-refractivity contribution is 7.20. The molecule has 2 aliphatic rings. The zero-order valence-corrected chi connectivity index (χ0v) is 14.8. The number of nitrogens with zero attached hydrogens (tertiary/aromatic N) is 4. The molecular weight excluding hydrogens is 346 g/mol. The second-order valence-electron chi connectivity index (χ2n) is 6.89. The van der Waals surface area contributed by atoms with Gasteiger partial charge in [0.05, 0.1) is 22.3 Å². The molecule has 3 atom stereocenters. The molecule has 0 spiro atoms. The summed E-state index contributed by atoms with van der Waals surface area (Å²) in [6, 6.07) is 10.1. The maximum absolute atomic E-state index is 12.7. The number of amides is 1. The molecule has 2 fully saturated rings. The zero-order valence-electron chi connectivity index (χ0n) is 14.0. The Labute approximate surface area is 154 Å². The molecule has 4 heterocycles. The molecule has 2 saturated heterocycles. The highest BCUT2D eigenvalue weighted by Crippen LogP contribution is 2.37. The van der Waals surface area contributed by atoms with Gasteiger partial charge in [0.2, 0.25) is 0 Å². The third-order valence-electron chi connectivity index (χ3n) is 5.43. The van der Waals surface area contributed by atoms with Crippen LogP contribution in [-0.2, 0) is 0 Å². The maximum atomic E-state index is 12.7. The normalized spacial score (nSPS) is 24.1. The molecule has 3 aromatic rings. The van der Waals surface area contributed by atoms with E-state index < -0.39 is 0 Å². The smallest absolute Gasteiger partial charge is 0.251 e. The van der Waals surface area contributed by atoms with Crippen LogP contribution < -0.4 is 5.32 Å². The van der Waals surface area contributed by atoms with E-state index in [0.29, 0.717) is 11.6 Å². The lowest BCUT2D eigenvalue weighted by atomic mass is 9.95. The fraction of sp³-hybridized carbons (Fsp3) is 0.316. The summed E-state index contributed by atoms with van der Waals surface area (Å²) in [5.74, 6) is -0.0711. The molecule has 5 rings (SSSR count). The van der Waals surface area contributed by atoms with Gasteiger partial charge in [-0.15, -0.1) is 0 Å². The van der Waals surface area contributed by atoms with Crippen LogP contribution in [0.3, 0.4) is 0 Å². The molecule has 2 aliphatic heterocycles. The number of thiazole rings is 1. The van der Waals surface area contributed by atoms with Gasteiger partial charge in [0.25, 0.3) is 5.91 Å². The zero-order chi connectivity index (χ0) is 17.7. The van der Waals surface area contributed by atoms with Crippen LogP contribution in [0, 0.1) is 11.5 Å². The highest BCUT2D eigenvalue weighted by atomic mass is 32.1. The molecule has 1 amide bonds. The van der Waals surface area contributed by atoms with Crippen LogP contribution in [-0.4, -0.2) is 38.5 Å². The molecule has 1 aromatic carbocycles. The summed E-state index contributed by atoms with van der Waals surface area (Å²) in [6.07, 6.45) is 9.11. The van der Waals surface area contributed by atoms with Gasteiger partial charge in [0.1, 0.15) is 0 Å². The second kappa shape index (κ2) is 5.85. The molecule has 0 saturated carbocycles. The van der Waals surface area contributed by atoms with Crippen molar-refractivity contribution in [3.05, 3.63) is 48.3 Å². The number of benzene rings is 1. The Morgan fingerprint density at radius 2 is 2.15 bits per heavy atom. The number of hydrogen-bond donors (Lipinski definition) is 1. The van der Waals surface area contributed by atoms with E-state index in [1.807, 2.05) is 52.2 Å². The van der Waals surface area contributed by atoms with Crippen molar-refractivity contribution in [3.8, 4) is 11.3 Å². The predicted octanol–water partition coefficient (Wildman–Crippen LogP) is 2.90. The number of fused-ring (bicyclic) bond motifs is 3. The van der Waals surface area contributed by atoms with E-state index in [0.717, 1.165) is 34.6 Å². The summed E-state index contributed by atoms with van der Waals surface area (Å²) in [5, 5.41) is 13.3. The van der Waals surface area contributed by atoms with Crippen LogP contribution in [0.15, 0.2) is 42.7 Å². The lowest BCUT2D eigenvalue weighted by Gasteiger charge is -2.21. The standard InChI is InChI=1S/C19H17N5OS/c20-11-24-13-4-6-16(24)15(10-13)21-18(25)12-3-5-14-17(9-12)26-19(22-14)23-7-1-2-8-23/h1-3,5,7-9,13,15-16H,4,6,10H2,(H,21,25)/t13-,15+,16+/m0/s1. The summed E-state index contributed by atoms with van der Waals surface area (Å²) in [5.41, 5.74) is 1.54. The van der Waals surface area contributed by atoms with E-state index in [4.69, 9.17) is 0 Å². The first-order valence-electron chi connectivity index (χ1n) is 8.76. The number of rotatable bonds is 3. The van der Waals surface area contributed by atoms with Crippen molar-refractivity contribution in [1.82, 2.24) is 19.8 Å². The Morgan fingerprint density at radius 3 is 2.92 bits per heavy atom.